The molecule has 3 aromatic heterocycles. The summed E-state index contributed by atoms with van der Waals surface area (Å²) in [6, 6.07) is 7.74. The zero-order valence-corrected chi connectivity index (χ0v) is 16.2. The molecule has 8 heteroatoms. The van der Waals surface area contributed by atoms with E-state index in [9.17, 15) is 14.4 Å². The second kappa shape index (κ2) is 6.72. The minimum absolute atomic E-state index is 0.207. The molecule has 0 fully saturated rings. The Morgan fingerprint density at radius 1 is 1.25 bits per heavy atom. The van der Waals surface area contributed by atoms with Gasteiger partial charge in [0.15, 0.2) is 17.4 Å². The highest BCUT2D eigenvalue weighted by Crippen LogP contribution is 2.27. The fourth-order valence-electron chi connectivity index (χ4n) is 2.94. The van der Waals surface area contributed by atoms with Gasteiger partial charge in [0.2, 0.25) is 5.76 Å². The van der Waals surface area contributed by atoms with Crippen molar-refractivity contribution in [3.63, 3.8) is 0 Å². The van der Waals surface area contributed by atoms with Crippen molar-refractivity contribution in [1.82, 2.24) is 9.97 Å². The largest absolute Gasteiger partial charge is 0.449 e. The SMILES string of the molecule is Cc1sc2nc([C@H](C)OC(=O)c3cc(=O)c4ccccc4o3)[nH]c(=O)c2c1C. The van der Waals surface area contributed by atoms with Gasteiger partial charge < -0.3 is 14.1 Å². The number of para-hydroxylation sites is 1. The van der Waals surface area contributed by atoms with E-state index in [4.69, 9.17) is 9.15 Å². The van der Waals surface area contributed by atoms with E-state index in [0.29, 0.717) is 21.2 Å². The van der Waals surface area contributed by atoms with Gasteiger partial charge in [-0.2, -0.15) is 0 Å². The van der Waals surface area contributed by atoms with Crippen LogP contribution in [-0.2, 0) is 4.74 Å². The molecule has 1 N–H and O–H groups in total. The van der Waals surface area contributed by atoms with Gasteiger partial charge in [-0.1, -0.05) is 12.1 Å². The number of ether oxygens (including phenoxy) is 1. The maximum atomic E-state index is 12.5. The Labute approximate surface area is 162 Å². The van der Waals surface area contributed by atoms with Crippen molar-refractivity contribution >= 4 is 38.5 Å². The number of carbonyl (C=O) groups is 1. The maximum absolute atomic E-state index is 12.5. The average Bonchev–Trinajstić information content (AvgIpc) is 2.96. The van der Waals surface area contributed by atoms with Gasteiger partial charge in [0.1, 0.15) is 10.4 Å². The van der Waals surface area contributed by atoms with E-state index in [1.54, 1.807) is 31.2 Å². The molecule has 0 unspecified atom stereocenters. The molecular formula is C20H16N2O5S. The topological polar surface area (TPSA) is 102 Å². The summed E-state index contributed by atoms with van der Waals surface area (Å²) in [6.07, 6.45) is -0.830. The van der Waals surface area contributed by atoms with Crippen LogP contribution in [0.25, 0.3) is 21.2 Å². The molecule has 0 aliphatic heterocycles. The number of fused-ring (bicyclic) bond motifs is 2. The van der Waals surface area contributed by atoms with E-state index in [1.807, 2.05) is 13.8 Å². The first-order valence-corrected chi connectivity index (χ1v) is 9.40. The molecule has 0 aliphatic carbocycles. The Morgan fingerprint density at radius 2 is 2.00 bits per heavy atom. The van der Waals surface area contributed by atoms with Gasteiger partial charge in [0.25, 0.3) is 5.56 Å². The second-order valence-corrected chi connectivity index (χ2v) is 7.64. The molecular weight excluding hydrogens is 380 g/mol. The third kappa shape index (κ3) is 3.01. The Kier molecular flexibility index (Phi) is 4.35. The Morgan fingerprint density at radius 3 is 2.79 bits per heavy atom. The normalized spacial score (nSPS) is 12.4. The summed E-state index contributed by atoms with van der Waals surface area (Å²) in [7, 11) is 0. The van der Waals surface area contributed by atoms with E-state index in [2.05, 4.69) is 9.97 Å². The average molecular weight is 396 g/mol. The summed E-state index contributed by atoms with van der Waals surface area (Å²) >= 11 is 1.41. The predicted molar refractivity (Wildman–Crippen MR) is 106 cm³/mol. The molecule has 0 radical (unpaired) electrons. The summed E-state index contributed by atoms with van der Waals surface area (Å²) in [4.78, 5) is 45.7. The minimum atomic E-state index is -0.830. The lowest BCUT2D eigenvalue weighted by Gasteiger charge is -2.12. The molecule has 7 nitrogen and oxygen atoms in total. The molecule has 0 bridgehead atoms. The number of aromatic nitrogens is 2. The number of carbonyl (C=O) groups excluding carboxylic acids is 1. The van der Waals surface area contributed by atoms with Crippen LogP contribution in [0.2, 0.25) is 0 Å². The number of H-pyrrole nitrogens is 1. The van der Waals surface area contributed by atoms with Gasteiger partial charge in [-0.05, 0) is 38.5 Å². The van der Waals surface area contributed by atoms with Gasteiger partial charge in [-0.15, -0.1) is 11.3 Å². The van der Waals surface area contributed by atoms with Crippen molar-refractivity contribution in [1.29, 1.82) is 0 Å². The lowest BCUT2D eigenvalue weighted by Crippen LogP contribution is -2.18. The van der Waals surface area contributed by atoms with E-state index < -0.39 is 12.1 Å². The highest BCUT2D eigenvalue weighted by Gasteiger charge is 2.21. The molecule has 0 spiro atoms. The van der Waals surface area contributed by atoms with Crippen LogP contribution in [0.1, 0.15) is 39.8 Å². The number of nitrogens with one attached hydrogen (secondary N) is 1. The van der Waals surface area contributed by atoms with Crippen LogP contribution in [0.5, 0.6) is 0 Å². The molecule has 142 valence electrons. The standard InChI is InChI=1S/C20H16N2O5S/c1-9-11(3)28-19-16(9)18(24)21-17(22-19)10(2)26-20(25)15-8-13(23)12-6-4-5-7-14(12)27-15/h4-8,10H,1-3H3,(H,21,22,24)/t10-/m0/s1. The van der Waals surface area contributed by atoms with Crippen molar-refractivity contribution in [2.45, 2.75) is 26.9 Å². The Balaban J connectivity index is 1.66. The summed E-state index contributed by atoms with van der Waals surface area (Å²) < 4.78 is 10.9. The van der Waals surface area contributed by atoms with Crippen LogP contribution in [0.3, 0.4) is 0 Å². The van der Waals surface area contributed by atoms with Gasteiger partial charge in [-0.25, -0.2) is 9.78 Å². The third-order valence-electron chi connectivity index (χ3n) is 4.56. The molecule has 1 aromatic carbocycles. The monoisotopic (exact) mass is 396 g/mol. The molecule has 0 amide bonds. The maximum Gasteiger partial charge on any atom is 0.375 e. The Bertz CT molecular complexity index is 1350. The zero-order chi connectivity index (χ0) is 20.0. The lowest BCUT2D eigenvalue weighted by atomic mass is 10.2. The minimum Gasteiger partial charge on any atom is -0.449 e. The van der Waals surface area contributed by atoms with Crippen LogP contribution in [0.4, 0.5) is 0 Å². The van der Waals surface area contributed by atoms with Crippen LogP contribution >= 0.6 is 11.3 Å². The highest BCUT2D eigenvalue weighted by atomic mass is 32.1. The summed E-state index contributed by atoms with van der Waals surface area (Å²) in [5, 5.41) is 0.928. The zero-order valence-electron chi connectivity index (χ0n) is 15.4. The molecule has 28 heavy (non-hydrogen) atoms. The fourth-order valence-corrected chi connectivity index (χ4v) is 3.98. The Hall–Kier alpha value is -3.26. The molecule has 4 rings (SSSR count). The van der Waals surface area contributed by atoms with E-state index in [0.717, 1.165) is 16.5 Å². The van der Waals surface area contributed by atoms with Crippen molar-refractivity contribution < 1.29 is 13.9 Å². The number of aryl methyl sites for hydroxylation is 2. The molecule has 4 aromatic rings. The summed E-state index contributed by atoms with van der Waals surface area (Å²) in [5.74, 6) is -0.784. The van der Waals surface area contributed by atoms with Gasteiger partial charge in [-0.3, -0.25) is 9.59 Å². The lowest BCUT2D eigenvalue weighted by molar-refractivity contribution is 0.0284. The van der Waals surface area contributed by atoms with Gasteiger partial charge in [0.05, 0.1) is 10.8 Å². The van der Waals surface area contributed by atoms with Crippen LogP contribution in [-0.4, -0.2) is 15.9 Å². The number of rotatable bonds is 3. The van der Waals surface area contributed by atoms with Crippen molar-refractivity contribution in [2.75, 3.05) is 0 Å². The van der Waals surface area contributed by atoms with Crippen molar-refractivity contribution in [3.05, 3.63) is 72.9 Å². The van der Waals surface area contributed by atoms with Gasteiger partial charge >= 0.3 is 5.97 Å². The van der Waals surface area contributed by atoms with Crippen molar-refractivity contribution in [2.24, 2.45) is 0 Å². The van der Waals surface area contributed by atoms with E-state index in [1.165, 1.54) is 11.3 Å². The number of nitrogens with zero attached hydrogens (tertiary/aromatic N) is 1. The van der Waals surface area contributed by atoms with Crippen LogP contribution < -0.4 is 11.0 Å². The van der Waals surface area contributed by atoms with E-state index in [-0.39, 0.29) is 22.6 Å². The summed E-state index contributed by atoms with van der Waals surface area (Å²) in [5.41, 5.74) is 0.580. The number of hydrogen-bond donors (Lipinski definition) is 1. The number of thiophene rings is 1. The number of esters is 1. The van der Waals surface area contributed by atoms with Crippen LogP contribution in [0.15, 0.2) is 44.3 Å². The fraction of sp³-hybridized carbons (Fsp3) is 0.200. The number of hydrogen-bond acceptors (Lipinski definition) is 7. The highest BCUT2D eigenvalue weighted by molar-refractivity contribution is 7.18. The molecule has 0 saturated carbocycles. The van der Waals surface area contributed by atoms with Gasteiger partial charge in [0, 0.05) is 10.9 Å². The molecule has 0 saturated heterocycles. The first kappa shape index (κ1) is 18.1. The number of benzene rings is 1. The molecule has 0 aliphatic rings. The van der Waals surface area contributed by atoms with E-state index >= 15 is 0 Å². The third-order valence-corrected chi connectivity index (χ3v) is 5.66. The first-order valence-electron chi connectivity index (χ1n) is 8.59. The molecule has 1 atom stereocenters. The van der Waals surface area contributed by atoms with Crippen LogP contribution in [0, 0.1) is 13.8 Å². The molecule has 3 heterocycles. The summed E-state index contributed by atoms with van der Waals surface area (Å²) in [6.45, 7) is 5.39. The van der Waals surface area contributed by atoms with Crippen molar-refractivity contribution in [3.8, 4) is 0 Å². The smallest absolute Gasteiger partial charge is 0.375 e. The first-order chi connectivity index (χ1) is 13.3. The number of aromatic amines is 1. The quantitative estimate of drug-likeness (QED) is 0.531. The second-order valence-electron chi connectivity index (χ2n) is 6.43. The predicted octanol–water partition coefficient (Wildman–Crippen LogP) is 3.63.